The van der Waals surface area contributed by atoms with Gasteiger partial charge in [0, 0.05) is 28.3 Å². The minimum absolute atomic E-state index is 0.0565. The number of aliphatic imine (C=N–C) groups is 1. The van der Waals surface area contributed by atoms with Crippen LogP contribution in [0.15, 0.2) is 71.7 Å². The first-order chi connectivity index (χ1) is 20.2. The molecule has 1 aromatic heterocycles. The highest BCUT2D eigenvalue weighted by Gasteiger charge is 2.29. The fraction of sp³-hybridized carbons (Fsp3) is 0.207. The number of ether oxygens (including phenoxy) is 1. The van der Waals surface area contributed by atoms with Gasteiger partial charge in [-0.2, -0.15) is 0 Å². The number of carbonyl (C=O) groups excluding carboxylic acids is 2. The molecule has 2 heterocycles. The molecule has 5 rings (SSSR count). The van der Waals surface area contributed by atoms with Gasteiger partial charge >= 0.3 is 7.12 Å². The maximum atomic E-state index is 12.5. The van der Waals surface area contributed by atoms with Crippen molar-refractivity contribution in [3.63, 3.8) is 0 Å². The van der Waals surface area contributed by atoms with Crippen LogP contribution in [-0.2, 0) is 9.59 Å². The summed E-state index contributed by atoms with van der Waals surface area (Å²) in [4.78, 5) is 29.9. The van der Waals surface area contributed by atoms with Gasteiger partial charge in [0.25, 0.3) is 0 Å². The molecule has 0 aliphatic carbocycles. The van der Waals surface area contributed by atoms with Crippen molar-refractivity contribution in [3.8, 4) is 11.4 Å². The van der Waals surface area contributed by atoms with E-state index in [4.69, 9.17) is 21.3 Å². The summed E-state index contributed by atoms with van der Waals surface area (Å²) in [7, 11) is -1.63. The Morgan fingerprint density at radius 3 is 2.57 bits per heavy atom. The first-order valence-electron chi connectivity index (χ1n) is 13.3. The number of aromatic nitrogens is 3. The third-order valence-corrected chi connectivity index (χ3v) is 6.87. The van der Waals surface area contributed by atoms with Crippen molar-refractivity contribution in [2.45, 2.75) is 32.9 Å². The second-order valence-electron chi connectivity index (χ2n) is 9.57. The number of halogens is 1. The Balaban J connectivity index is 1.43. The van der Waals surface area contributed by atoms with Crippen LogP contribution in [-0.4, -0.2) is 56.1 Å². The predicted octanol–water partition coefficient (Wildman–Crippen LogP) is 2.69. The van der Waals surface area contributed by atoms with E-state index in [1.54, 1.807) is 43.3 Å². The van der Waals surface area contributed by atoms with E-state index in [-0.39, 0.29) is 36.7 Å². The molecule has 0 saturated heterocycles. The minimum atomic E-state index is -1.63. The molecule has 42 heavy (non-hydrogen) atoms. The fourth-order valence-electron chi connectivity index (χ4n) is 4.55. The van der Waals surface area contributed by atoms with Crippen molar-refractivity contribution >= 4 is 47.4 Å². The summed E-state index contributed by atoms with van der Waals surface area (Å²) >= 11 is 6.16. The Labute approximate surface area is 247 Å². The molecule has 0 radical (unpaired) electrons. The van der Waals surface area contributed by atoms with Crippen LogP contribution in [0.2, 0.25) is 5.02 Å². The summed E-state index contributed by atoms with van der Waals surface area (Å²) in [6.45, 7) is 3.68. The van der Waals surface area contributed by atoms with E-state index >= 15 is 0 Å². The zero-order valence-corrected chi connectivity index (χ0v) is 23.7. The Bertz CT molecular complexity index is 1660. The molecule has 1 atom stereocenters. The van der Waals surface area contributed by atoms with Gasteiger partial charge in [-0.25, -0.2) is 0 Å². The molecule has 3 aromatic carbocycles. The monoisotopic (exact) mass is 586 g/mol. The number of nitrogens with one attached hydrogen (secondary N) is 2. The van der Waals surface area contributed by atoms with Crippen LogP contribution < -0.4 is 20.8 Å². The topological polar surface area (TPSA) is 151 Å². The van der Waals surface area contributed by atoms with E-state index in [1.807, 2.05) is 35.8 Å². The Hall–Kier alpha value is -4.52. The van der Waals surface area contributed by atoms with E-state index in [1.165, 1.54) is 6.07 Å². The summed E-state index contributed by atoms with van der Waals surface area (Å²) in [5.41, 5.74) is 3.57. The summed E-state index contributed by atoms with van der Waals surface area (Å²) in [5.74, 6) is 1.13. The number of aryl methyl sites for hydroxylation is 1. The lowest BCUT2D eigenvalue weighted by Crippen LogP contribution is -2.30. The maximum absolute atomic E-state index is 12.5. The van der Waals surface area contributed by atoms with Crippen molar-refractivity contribution in [1.82, 2.24) is 20.1 Å². The maximum Gasteiger partial charge on any atom is 0.488 e. The lowest BCUT2D eigenvalue weighted by atomic mass is 9.80. The molecule has 0 saturated carbocycles. The van der Waals surface area contributed by atoms with E-state index in [0.29, 0.717) is 33.8 Å². The van der Waals surface area contributed by atoms with Gasteiger partial charge in [0.15, 0.2) is 12.0 Å². The zero-order chi connectivity index (χ0) is 29.8. The summed E-state index contributed by atoms with van der Waals surface area (Å²) < 4.78 is 7.83. The van der Waals surface area contributed by atoms with Crippen LogP contribution in [0.4, 0.5) is 5.69 Å². The average Bonchev–Trinajstić information content (AvgIpc) is 3.30. The highest BCUT2D eigenvalue weighted by molar-refractivity contribution is 6.58. The first kappa shape index (κ1) is 29.0. The van der Waals surface area contributed by atoms with Crippen molar-refractivity contribution in [2.75, 3.05) is 11.9 Å². The Morgan fingerprint density at radius 2 is 1.83 bits per heavy atom. The lowest BCUT2D eigenvalue weighted by molar-refractivity contribution is -0.121. The predicted molar refractivity (Wildman–Crippen MR) is 159 cm³/mol. The lowest BCUT2D eigenvalue weighted by Gasteiger charge is -2.15. The number of hydrogen-bond acceptors (Lipinski definition) is 8. The molecular formula is C29H28BClN6O5. The molecule has 4 aromatic rings. The largest absolute Gasteiger partial charge is 0.493 e. The van der Waals surface area contributed by atoms with E-state index in [0.717, 1.165) is 16.8 Å². The van der Waals surface area contributed by atoms with Crippen molar-refractivity contribution in [1.29, 1.82) is 0 Å². The molecule has 13 heteroatoms. The summed E-state index contributed by atoms with van der Waals surface area (Å²) in [6, 6.07) is 19.1. The first-order valence-corrected chi connectivity index (χ1v) is 13.7. The van der Waals surface area contributed by atoms with E-state index in [9.17, 15) is 19.6 Å². The molecule has 1 aliphatic heterocycles. The third-order valence-electron chi connectivity index (χ3n) is 6.62. The molecule has 0 spiro atoms. The minimum Gasteiger partial charge on any atom is -0.493 e. The zero-order valence-electron chi connectivity index (χ0n) is 22.9. The van der Waals surface area contributed by atoms with Crippen LogP contribution in [0.5, 0.6) is 5.75 Å². The highest BCUT2D eigenvalue weighted by atomic mass is 35.5. The molecule has 11 nitrogen and oxygen atoms in total. The number of hydrogen-bond donors (Lipinski definition) is 4. The number of fused-ring (bicyclic) bond motifs is 3. The molecule has 1 unspecified atom stereocenters. The van der Waals surface area contributed by atoms with Gasteiger partial charge in [0.05, 0.1) is 24.4 Å². The van der Waals surface area contributed by atoms with Crippen LogP contribution in [0, 0.1) is 6.92 Å². The quantitative estimate of drug-likeness (QED) is 0.220. The third kappa shape index (κ3) is 6.36. The molecule has 0 bridgehead atoms. The van der Waals surface area contributed by atoms with E-state index < -0.39 is 13.3 Å². The second-order valence-corrected chi connectivity index (χ2v) is 10.0. The molecule has 0 fully saturated rings. The average molecular weight is 587 g/mol. The summed E-state index contributed by atoms with van der Waals surface area (Å²) in [6.07, 6.45) is -0.445. The molecule has 1 aliphatic rings. The number of anilines is 1. The smallest absolute Gasteiger partial charge is 0.488 e. The molecule has 4 N–H and O–H groups in total. The van der Waals surface area contributed by atoms with Gasteiger partial charge in [0.1, 0.15) is 11.6 Å². The number of benzene rings is 3. The number of nitrogens with zero attached hydrogens (tertiary/aromatic N) is 4. The van der Waals surface area contributed by atoms with Gasteiger partial charge < -0.3 is 25.4 Å². The Morgan fingerprint density at radius 1 is 1.05 bits per heavy atom. The van der Waals surface area contributed by atoms with Crippen LogP contribution >= 0.6 is 11.6 Å². The molecule has 2 amide bonds. The standard InChI is InChI=1S/C29H28BClN6O5/c1-3-25(38)33-28-29-36-35-17(2)37(29)24-12-11-22(16-23(24)27(34-28)18-7-9-20(31)10-8-18)42-14-13-26(39)32-21-6-4-5-19(15-21)30(40)41/h4-12,15-16,28,40-41H,3,13-14H2,1-2H3,(H,32,39)(H,33,38). The molecule has 214 valence electrons. The Kier molecular flexibility index (Phi) is 8.67. The van der Waals surface area contributed by atoms with Crippen LogP contribution in [0.3, 0.4) is 0 Å². The van der Waals surface area contributed by atoms with Gasteiger partial charge in [0.2, 0.25) is 11.8 Å². The number of carbonyl (C=O) groups is 2. The van der Waals surface area contributed by atoms with Crippen molar-refractivity contribution in [3.05, 3.63) is 94.5 Å². The second kappa shape index (κ2) is 12.6. The number of amides is 2. The van der Waals surface area contributed by atoms with Gasteiger partial charge in [-0.05, 0) is 54.9 Å². The normalized spacial score (nSPS) is 13.7. The summed E-state index contributed by atoms with van der Waals surface area (Å²) in [5, 5.41) is 33.5. The van der Waals surface area contributed by atoms with Gasteiger partial charge in [-0.15, -0.1) is 10.2 Å². The van der Waals surface area contributed by atoms with Gasteiger partial charge in [-0.1, -0.05) is 42.8 Å². The highest BCUT2D eigenvalue weighted by Crippen LogP contribution is 2.32. The van der Waals surface area contributed by atoms with Crippen LogP contribution in [0.25, 0.3) is 5.69 Å². The van der Waals surface area contributed by atoms with E-state index in [2.05, 4.69) is 20.8 Å². The van der Waals surface area contributed by atoms with Crippen molar-refractivity contribution in [2.24, 2.45) is 4.99 Å². The van der Waals surface area contributed by atoms with Crippen LogP contribution in [0.1, 0.15) is 48.7 Å². The molecular weight excluding hydrogens is 559 g/mol. The van der Waals surface area contributed by atoms with Crippen molar-refractivity contribution < 1.29 is 24.4 Å². The fourth-order valence-corrected chi connectivity index (χ4v) is 4.68. The number of rotatable bonds is 9. The van der Waals surface area contributed by atoms with Gasteiger partial charge in [-0.3, -0.25) is 19.1 Å². The SMILES string of the molecule is CCC(=O)NC1N=C(c2ccc(Cl)cc2)c2cc(OCCC(=O)Nc3cccc(B(O)O)c3)ccc2-n2c(C)nnc21.